The van der Waals surface area contributed by atoms with Crippen LogP contribution < -0.4 is 16.0 Å². The summed E-state index contributed by atoms with van der Waals surface area (Å²) >= 11 is 0. The molecule has 0 spiro atoms. The molecule has 0 atom stereocenters. The van der Waals surface area contributed by atoms with Gasteiger partial charge in [-0.2, -0.15) is 0 Å². The molecule has 0 saturated carbocycles. The van der Waals surface area contributed by atoms with Gasteiger partial charge in [0.25, 0.3) is 5.91 Å². The molecular weight excluding hydrogens is 402 g/mol. The lowest BCUT2D eigenvalue weighted by Gasteiger charge is -2.11. The van der Waals surface area contributed by atoms with Crippen LogP contribution in [0.15, 0.2) is 78.9 Å². The molecule has 0 heterocycles. The molecule has 3 aromatic rings. The van der Waals surface area contributed by atoms with Gasteiger partial charge in [0.2, 0.25) is 0 Å². The second-order valence-corrected chi connectivity index (χ2v) is 7.81. The van der Waals surface area contributed by atoms with E-state index in [2.05, 4.69) is 16.0 Å². The molecule has 6 heteroatoms. The third kappa shape index (κ3) is 7.56. The topological polar surface area (TPSA) is 79.5 Å². The molecule has 0 bridgehead atoms. The maximum atomic E-state index is 12.5. The Morgan fingerprint density at radius 1 is 0.812 bits per heavy atom. The van der Waals surface area contributed by atoms with Gasteiger partial charge in [0.1, 0.15) is 0 Å². The lowest BCUT2D eigenvalue weighted by molar-refractivity contribution is 0.0950. The van der Waals surface area contributed by atoms with Gasteiger partial charge in [-0.25, -0.2) is 4.79 Å². The van der Waals surface area contributed by atoms with Crippen molar-refractivity contribution in [2.24, 2.45) is 0 Å². The van der Waals surface area contributed by atoms with E-state index in [9.17, 15) is 9.59 Å². The number of hydrogen-bond donors (Lipinski definition) is 3. The minimum Gasteiger partial charge on any atom is -0.372 e. The molecule has 3 aromatic carbocycles. The highest BCUT2D eigenvalue weighted by molar-refractivity contribution is 5.96. The number of rotatable bonds is 9. The van der Waals surface area contributed by atoms with Gasteiger partial charge in [0.05, 0.1) is 13.2 Å². The number of ether oxygens (including phenoxy) is 1. The van der Waals surface area contributed by atoms with Gasteiger partial charge >= 0.3 is 6.03 Å². The van der Waals surface area contributed by atoms with Gasteiger partial charge < -0.3 is 20.7 Å². The Hall–Kier alpha value is -3.64. The van der Waals surface area contributed by atoms with Crippen LogP contribution in [-0.4, -0.2) is 18.0 Å². The molecule has 3 N–H and O–H groups in total. The van der Waals surface area contributed by atoms with Crippen LogP contribution in [0.1, 0.15) is 40.9 Å². The first-order valence-electron chi connectivity index (χ1n) is 10.6. The number of hydrogen-bond acceptors (Lipinski definition) is 3. The van der Waals surface area contributed by atoms with Crippen molar-refractivity contribution in [2.75, 3.05) is 5.32 Å². The third-order valence-corrected chi connectivity index (χ3v) is 4.66. The van der Waals surface area contributed by atoms with Gasteiger partial charge in [-0.1, -0.05) is 60.7 Å². The fourth-order valence-electron chi connectivity index (χ4n) is 3.07. The molecule has 32 heavy (non-hydrogen) atoms. The molecule has 3 rings (SSSR count). The van der Waals surface area contributed by atoms with Crippen molar-refractivity contribution in [3.05, 3.63) is 101 Å². The van der Waals surface area contributed by atoms with Crippen LogP contribution in [0.4, 0.5) is 10.5 Å². The van der Waals surface area contributed by atoms with Crippen LogP contribution in [0.2, 0.25) is 0 Å². The Balaban J connectivity index is 1.46. The zero-order valence-electron chi connectivity index (χ0n) is 18.4. The zero-order chi connectivity index (χ0) is 22.8. The zero-order valence-corrected chi connectivity index (χ0v) is 18.4. The highest BCUT2D eigenvalue weighted by Crippen LogP contribution is 2.12. The van der Waals surface area contributed by atoms with Crippen molar-refractivity contribution in [1.29, 1.82) is 0 Å². The molecule has 0 aromatic heterocycles. The van der Waals surface area contributed by atoms with Gasteiger partial charge in [0.15, 0.2) is 0 Å². The molecule has 0 unspecified atom stereocenters. The Kier molecular flexibility index (Phi) is 8.40. The minimum atomic E-state index is -0.301. The predicted molar refractivity (Wildman–Crippen MR) is 126 cm³/mol. The van der Waals surface area contributed by atoms with Crippen molar-refractivity contribution < 1.29 is 14.3 Å². The SMILES string of the molecule is CC(C)NC(=O)Nc1cccc(C(=O)NCc2ccc(COCc3ccccc3)cc2)c1. The van der Waals surface area contributed by atoms with Crippen molar-refractivity contribution in [1.82, 2.24) is 10.6 Å². The van der Waals surface area contributed by atoms with Gasteiger partial charge in [-0.3, -0.25) is 4.79 Å². The minimum absolute atomic E-state index is 0.0308. The van der Waals surface area contributed by atoms with Crippen LogP contribution in [0.5, 0.6) is 0 Å². The number of benzene rings is 3. The monoisotopic (exact) mass is 431 g/mol. The van der Waals surface area contributed by atoms with Gasteiger partial charge in [-0.15, -0.1) is 0 Å². The molecule has 6 nitrogen and oxygen atoms in total. The average molecular weight is 432 g/mol. The number of urea groups is 1. The van der Waals surface area contributed by atoms with Gasteiger partial charge in [0, 0.05) is 23.8 Å². The number of carbonyl (C=O) groups is 2. The molecule has 0 fully saturated rings. The molecule has 0 radical (unpaired) electrons. The summed E-state index contributed by atoms with van der Waals surface area (Å²) in [4.78, 5) is 24.4. The maximum Gasteiger partial charge on any atom is 0.319 e. The number of carbonyl (C=O) groups excluding carboxylic acids is 2. The third-order valence-electron chi connectivity index (χ3n) is 4.66. The summed E-state index contributed by atoms with van der Waals surface area (Å²) in [6.07, 6.45) is 0. The highest BCUT2D eigenvalue weighted by Gasteiger charge is 2.08. The van der Waals surface area contributed by atoms with E-state index in [-0.39, 0.29) is 18.0 Å². The highest BCUT2D eigenvalue weighted by atomic mass is 16.5. The Labute approximate surface area is 189 Å². The molecule has 0 aliphatic carbocycles. The molecule has 0 saturated heterocycles. The smallest absolute Gasteiger partial charge is 0.319 e. The van der Waals surface area contributed by atoms with Crippen molar-refractivity contribution in [3.63, 3.8) is 0 Å². The second-order valence-electron chi connectivity index (χ2n) is 7.81. The van der Waals surface area contributed by atoms with Crippen LogP contribution in [0, 0.1) is 0 Å². The van der Waals surface area contributed by atoms with Crippen molar-refractivity contribution in [2.45, 2.75) is 39.6 Å². The van der Waals surface area contributed by atoms with E-state index in [0.29, 0.717) is 31.0 Å². The van der Waals surface area contributed by atoms with Crippen molar-refractivity contribution in [3.8, 4) is 0 Å². The lowest BCUT2D eigenvalue weighted by Crippen LogP contribution is -2.34. The first-order valence-corrected chi connectivity index (χ1v) is 10.6. The molecule has 0 aliphatic rings. The lowest BCUT2D eigenvalue weighted by atomic mass is 10.1. The van der Waals surface area contributed by atoms with E-state index in [1.54, 1.807) is 24.3 Å². The van der Waals surface area contributed by atoms with Crippen molar-refractivity contribution >= 4 is 17.6 Å². The van der Waals surface area contributed by atoms with E-state index in [1.165, 1.54) is 0 Å². The summed E-state index contributed by atoms with van der Waals surface area (Å²) in [5.74, 6) is -0.201. The predicted octanol–water partition coefficient (Wildman–Crippen LogP) is 4.86. The van der Waals surface area contributed by atoms with Crippen LogP contribution >= 0.6 is 0 Å². The van der Waals surface area contributed by atoms with E-state index >= 15 is 0 Å². The average Bonchev–Trinajstić information content (AvgIpc) is 2.78. The Bertz CT molecular complexity index is 1020. The number of anilines is 1. The van der Waals surface area contributed by atoms with E-state index in [1.807, 2.05) is 68.4 Å². The standard InChI is InChI=1S/C26H29N3O3/c1-19(2)28-26(31)29-24-10-6-9-23(15-24)25(30)27-16-20-11-13-22(14-12-20)18-32-17-21-7-4-3-5-8-21/h3-15,19H,16-18H2,1-2H3,(H,27,30)(H2,28,29,31). The molecule has 0 aliphatic heterocycles. The second kappa shape index (κ2) is 11.7. The fraction of sp³-hybridized carbons (Fsp3) is 0.231. The number of nitrogens with one attached hydrogen (secondary N) is 3. The molecule has 166 valence electrons. The summed E-state index contributed by atoms with van der Waals surface area (Å²) in [7, 11) is 0. The number of amides is 3. The van der Waals surface area contributed by atoms with E-state index in [4.69, 9.17) is 4.74 Å². The first kappa shape index (κ1) is 23.0. The van der Waals surface area contributed by atoms with Crippen LogP contribution in [0.3, 0.4) is 0 Å². The van der Waals surface area contributed by atoms with Crippen LogP contribution in [-0.2, 0) is 24.5 Å². The van der Waals surface area contributed by atoms with E-state index < -0.39 is 0 Å². The summed E-state index contributed by atoms with van der Waals surface area (Å²) in [5, 5.41) is 8.40. The normalized spacial score (nSPS) is 10.6. The van der Waals surface area contributed by atoms with Gasteiger partial charge in [-0.05, 0) is 48.7 Å². The van der Waals surface area contributed by atoms with E-state index in [0.717, 1.165) is 16.7 Å². The quantitative estimate of drug-likeness (QED) is 0.453. The Morgan fingerprint density at radius 2 is 1.47 bits per heavy atom. The maximum absolute atomic E-state index is 12.5. The largest absolute Gasteiger partial charge is 0.372 e. The first-order chi connectivity index (χ1) is 15.5. The fourth-order valence-corrected chi connectivity index (χ4v) is 3.07. The summed E-state index contributed by atoms with van der Waals surface area (Å²) in [6, 6.07) is 24.6. The summed E-state index contributed by atoms with van der Waals surface area (Å²) < 4.78 is 5.76. The molecule has 3 amide bonds. The molecular formula is C26H29N3O3. The summed E-state index contributed by atoms with van der Waals surface area (Å²) in [5.41, 5.74) is 4.27. The summed E-state index contributed by atoms with van der Waals surface area (Å²) in [6.45, 7) is 5.29. The van der Waals surface area contributed by atoms with Crippen LogP contribution in [0.25, 0.3) is 0 Å². The Morgan fingerprint density at radius 3 is 2.16 bits per heavy atom.